The minimum Gasteiger partial charge on any atom is -0.352 e. The van der Waals surface area contributed by atoms with Crippen LogP contribution in [0.5, 0.6) is 0 Å². The molecule has 1 fully saturated rings. The molecule has 4 rings (SSSR count). The van der Waals surface area contributed by atoms with E-state index in [1.54, 1.807) is 41.6 Å². The maximum atomic E-state index is 12.5. The van der Waals surface area contributed by atoms with Crippen LogP contribution in [0.3, 0.4) is 0 Å². The number of rotatable bonds is 4. The Morgan fingerprint density at radius 1 is 1.14 bits per heavy atom. The fourth-order valence-electron chi connectivity index (χ4n) is 3.67. The van der Waals surface area contributed by atoms with Gasteiger partial charge in [0.15, 0.2) is 0 Å². The first kappa shape index (κ1) is 19.7. The van der Waals surface area contributed by atoms with Crippen molar-refractivity contribution in [2.45, 2.75) is 19.5 Å². The predicted molar refractivity (Wildman–Crippen MR) is 112 cm³/mol. The van der Waals surface area contributed by atoms with Crippen LogP contribution in [-0.4, -0.2) is 49.0 Å². The van der Waals surface area contributed by atoms with E-state index in [0.29, 0.717) is 48.8 Å². The minimum atomic E-state index is -2.45. The number of fused-ring (bicyclic) bond motifs is 1. The lowest BCUT2D eigenvalue weighted by molar-refractivity contribution is 0.0948. The monoisotopic (exact) mass is 416 g/mol. The molecule has 0 radical (unpaired) electrons. The quantitative estimate of drug-likeness (QED) is 0.611. The van der Waals surface area contributed by atoms with Gasteiger partial charge >= 0.3 is 6.03 Å². The van der Waals surface area contributed by atoms with Crippen LogP contribution >= 0.6 is 10.6 Å². The molecule has 154 valence electrons. The zero-order chi connectivity index (χ0) is 20.4. The highest BCUT2D eigenvalue weighted by molar-refractivity contribution is 8.24. The van der Waals surface area contributed by atoms with E-state index in [0.717, 1.165) is 11.1 Å². The lowest BCUT2D eigenvalue weighted by atomic mass is 10.1. The standard InChI is InChI=1S/C20H24N4O4S/c25-19(22-9-14-6-8-29(27,28)13-14)15-1-3-18(4-2-15)23-20(26)24-11-16-5-7-21-10-17(16)12-24/h1-5,7,10,14,27-28H,6,8-9,11-13H2,(H,22,25)(H,23,26). The first-order valence-electron chi connectivity index (χ1n) is 9.49. The van der Waals surface area contributed by atoms with Crippen LogP contribution in [0.15, 0.2) is 42.7 Å². The Kier molecular flexibility index (Phi) is 5.44. The van der Waals surface area contributed by atoms with Crippen LogP contribution in [-0.2, 0) is 13.1 Å². The number of pyridine rings is 1. The van der Waals surface area contributed by atoms with E-state index in [1.807, 2.05) is 6.07 Å². The highest BCUT2D eigenvalue weighted by Gasteiger charge is 2.28. The van der Waals surface area contributed by atoms with Gasteiger partial charge in [0.2, 0.25) is 0 Å². The zero-order valence-electron chi connectivity index (χ0n) is 15.9. The minimum absolute atomic E-state index is 0.0993. The molecule has 1 aromatic carbocycles. The van der Waals surface area contributed by atoms with E-state index in [9.17, 15) is 18.7 Å². The molecule has 0 bridgehead atoms. The normalized spacial score (nSPS) is 20.8. The van der Waals surface area contributed by atoms with Gasteiger partial charge in [0, 0.05) is 54.8 Å². The molecule has 1 saturated heterocycles. The summed E-state index contributed by atoms with van der Waals surface area (Å²) < 4.78 is 19.3. The molecule has 3 amide bonds. The molecule has 1 atom stereocenters. The van der Waals surface area contributed by atoms with Gasteiger partial charge in [-0.1, -0.05) is 0 Å². The zero-order valence-corrected chi connectivity index (χ0v) is 16.7. The van der Waals surface area contributed by atoms with Crippen LogP contribution in [0.25, 0.3) is 0 Å². The predicted octanol–water partition coefficient (Wildman–Crippen LogP) is 3.13. The van der Waals surface area contributed by atoms with Crippen molar-refractivity contribution in [3.05, 3.63) is 59.4 Å². The third-order valence-corrected chi connectivity index (χ3v) is 7.21. The molecule has 29 heavy (non-hydrogen) atoms. The van der Waals surface area contributed by atoms with Crippen LogP contribution in [0.4, 0.5) is 10.5 Å². The van der Waals surface area contributed by atoms with Gasteiger partial charge in [-0.25, -0.2) is 4.79 Å². The van der Waals surface area contributed by atoms with Crippen molar-refractivity contribution in [1.82, 2.24) is 15.2 Å². The third kappa shape index (κ3) is 4.69. The number of urea groups is 1. The van der Waals surface area contributed by atoms with Crippen LogP contribution in [0.1, 0.15) is 27.9 Å². The molecule has 1 aromatic heterocycles. The molecule has 8 nitrogen and oxygen atoms in total. The molecule has 9 heteroatoms. The van der Waals surface area contributed by atoms with E-state index in [-0.39, 0.29) is 17.9 Å². The summed E-state index contributed by atoms with van der Waals surface area (Å²) in [5.41, 5.74) is 3.27. The van der Waals surface area contributed by atoms with Gasteiger partial charge in [-0.2, -0.15) is 10.6 Å². The number of carbonyl (C=O) groups excluding carboxylic acids is 2. The number of nitrogens with zero attached hydrogens (tertiary/aromatic N) is 2. The van der Waals surface area contributed by atoms with Gasteiger partial charge < -0.3 is 15.5 Å². The smallest absolute Gasteiger partial charge is 0.322 e. The first-order chi connectivity index (χ1) is 13.9. The van der Waals surface area contributed by atoms with E-state index in [2.05, 4.69) is 15.6 Å². The summed E-state index contributed by atoms with van der Waals surface area (Å²) in [7, 11) is -2.45. The molecule has 0 aliphatic carbocycles. The van der Waals surface area contributed by atoms with E-state index in [1.165, 1.54) is 0 Å². The number of aromatic nitrogens is 1. The maximum Gasteiger partial charge on any atom is 0.322 e. The second kappa shape index (κ2) is 8.02. The molecule has 3 heterocycles. The van der Waals surface area contributed by atoms with E-state index >= 15 is 0 Å². The number of carbonyl (C=O) groups is 2. The molecule has 2 aromatic rings. The van der Waals surface area contributed by atoms with Crippen molar-refractivity contribution in [3.63, 3.8) is 0 Å². The van der Waals surface area contributed by atoms with Crippen LogP contribution < -0.4 is 10.6 Å². The summed E-state index contributed by atoms with van der Waals surface area (Å²) in [6.07, 6.45) is 4.22. The summed E-state index contributed by atoms with van der Waals surface area (Å²) >= 11 is 0. The van der Waals surface area contributed by atoms with Crippen molar-refractivity contribution in [2.75, 3.05) is 23.4 Å². The molecule has 0 saturated carbocycles. The second-order valence-corrected chi connectivity index (χ2v) is 9.89. The Balaban J connectivity index is 1.28. The van der Waals surface area contributed by atoms with Crippen LogP contribution in [0, 0.1) is 5.92 Å². The van der Waals surface area contributed by atoms with Gasteiger partial charge in [-0.3, -0.25) is 18.9 Å². The summed E-state index contributed by atoms with van der Waals surface area (Å²) in [6, 6.07) is 8.45. The Labute approximate surface area is 170 Å². The summed E-state index contributed by atoms with van der Waals surface area (Å²) in [5.74, 6) is 0.658. The van der Waals surface area contributed by atoms with Crippen molar-refractivity contribution in [1.29, 1.82) is 0 Å². The Hall–Kier alpha value is -2.62. The maximum absolute atomic E-state index is 12.5. The SMILES string of the molecule is O=C(NCC1CCS(O)(O)C1)c1ccc(NC(=O)N2Cc3ccncc3C2)cc1. The third-order valence-electron chi connectivity index (χ3n) is 5.32. The largest absolute Gasteiger partial charge is 0.352 e. The average Bonchev–Trinajstić information content (AvgIpc) is 3.29. The summed E-state index contributed by atoms with van der Waals surface area (Å²) in [6.45, 7) is 1.51. The van der Waals surface area contributed by atoms with Crippen LogP contribution in [0.2, 0.25) is 0 Å². The van der Waals surface area contributed by atoms with Gasteiger partial charge in [0.25, 0.3) is 5.91 Å². The van der Waals surface area contributed by atoms with Crippen molar-refractivity contribution in [3.8, 4) is 0 Å². The number of benzene rings is 1. The van der Waals surface area contributed by atoms with Gasteiger partial charge in [0.05, 0.1) is 0 Å². The summed E-state index contributed by atoms with van der Waals surface area (Å²) in [4.78, 5) is 30.6. The Bertz CT molecular complexity index is 894. The molecular formula is C20H24N4O4S. The Morgan fingerprint density at radius 3 is 2.59 bits per heavy atom. The van der Waals surface area contributed by atoms with Gasteiger partial charge in [-0.05, 0) is 53.8 Å². The lowest BCUT2D eigenvalue weighted by Crippen LogP contribution is -2.30. The lowest BCUT2D eigenvalue weighted by Gasteiger charge is -2.26. The molecule has 2 aliphatic rings. The number of hydrogen-bond donors (Lipinski definition) is 4. The first-order valence-corrected chi connectivity index (χ1v) is 11.4. The number of nitrogens with one attached hydrogen (secondary N) is 2. The molecule has 0 spiro atoms. The highest BCUT2D eigenvalue weighted by atomic mass is 32.3. The fraction of sp³-hybridized carbons (Fsp3) is 0.350. The second-order valence-electron chi connectivity index (χ2n) is 7.55. The average molecular weight is 417 g/mol. The number of amides is 3. The highest BCUT2D eigenvalue weighted by Crippen LogP contribution is 2.48. The van der Waals surface area contributed by atoms with E-state index in [4.69, 9.17) is 0 Å². The van der Waals surface area contributed by atoms with Crippen molar-refractivity contribution < 1.29 is 18.7 Å². The molecular weight excluding hydrogens is 392 g/mol. The molecule has 1 unspecified atom stereocenters. The molecule has 2 aliphatic heterocycles. The fourth-order valence-corrected chi connectivity index (χ4v) is 5.59. The molecule has 4 N–H and O–H groups in total. The van der Waals surface area contributed by atoms with E-state index < -0.39 is 10.6 Å². The Morgan fingerprint density at radius 2 is 1.90 bits per heavy atom. The van der Waals surface area contributed by atoms with Crippen molar-refractivity contribution >= 4 is 28.2 Å². The number of hydrogen-bond acceptors (Lipinski definition) is 5. The summed E-state index contributed by atoms with van der Waals surface area (Å²) in [5, 5.41) is 5.70. The van der Waals surface area contributed by atoms with Gasteiger partial charge in [0.1, 0.15) is 0 Å². The topological polar surface area (TPSA) is 115 Å². The van der Waals surface area contributed by atoms with Crippen molar-refractivity contribution in [2.24, 2.45) is 5.92 Å². The van der Waals surface area contributed by atoms with Gasteiger partial charge in [-0.15, -0.1) is 0 Å². The number of anilines is 1.